The van der Waals surface area contributed by atoms with Crippen molar-refractivity contribution in [1.82, 2.24) is 0 Å². The molecule has 10 rings (SSSR count). The van der Waals surface area contributed by atoms with Crippen molar-refractivity contribution < 1.29 is 117 Å². The first-order chi connectivity index (χ1) is 34.1. The molecule has 6 aliphatic heterocycles. The predicted molar refractivity (Wildman–Crippen MR) is 228 cm³/mol. The lowest BCUT2D eigenvalue weighted by atomic mass is 9.82. The maximum atomic E-state index is 13.7. The molecule has 10 N–H and O–H groups in total. The maximum absolute atomic E-state index is 13.7. The van der Waals surface area contributed by atoms with E-state index in [0.717, 1.165) is 5.56 Å². The summed E-state index contributed by atoms with van der Waals surface area (Å²) in [5.41, 5.74) is -2.00. The summed E-state index contributed by atoms with van der Waals surface area (Å²) in [7, 11) is 1.31. The van der Waals surface area contributed by atoms with Crippen LogP contribution in [0.3, 0.4) is 0 Å². The van der Waals surface area contributed by atoms with E-state index in [2.05, 4.69) is 0 Å². The zero-order chi connectivity index (χ0) is 50.1. The number of aliphatic hydroxyl groups excluding tert-OH is 9. The van der Waals surface area contributed by atoms with Crippen LogP contribution >= 0.6 is 0 Å². The molecule has 5 saturated heterocycles. The summed E-state index contributed by atoms with van der Waals surface area (Å²) in [5.74, 6) is -5.10. The number of fused-ring (bicyclic) bond motifs is 6. The van der Waals surface area contributed by atoms with Gasteiger partial charge in [0.05, 0.1) is 50.8 Å². The molecule has 0 amide bonds. The van der Waals surface area contributed by atoms with Crippen molar-refractivity contribution in [3.8, 4) is 11.5 Å². The molecule has 2 aliphatic carbocycles. The number of ether oxygens (including phenoxy) is 12. The van der Waals surface area contributed by atoms with Crippen LogP contribution in [0.4, 0.5) is 0 Å². The van der Waals surface area contributed by atoms with E-state index in [1.165, 1.54) is 43.7 Å². The zero-order valence-electron chi connectivity index (χ0n) is 37.8. The predicted octanol–water partition coefficient (Wildman–Crippen LogP) is -3.10. The third-order valence-corrected chi connectivity index (χ3v) is 14.9. The van der Waals surface area contributed by atoms with Gasteiger partial charge in [-0.15, -0.1) is 0 Å². The highest BCUT2D eigenvalue weighted by atomic mass is 16.8. The lowest BCUT2D eigenvalue weighted by Gasteiger charge is -2.46. The molecule has 8 aliphatic rings. The fourth-order valence-electron chi connectivity index (χ4n) is 11.0. The van der Waals surface area contributed by atoms with Crippen LogP contribution in [0.25, 0.3) is 6.08 Å². The Labute approximate surface area is 403 Å². The number of benzene rings is 2. The highest BCUT2D eigenvalue weighted by Crippen LogP contribution is 2.63. The lowest BCUT2D eigenvalue weighted by molar-refractivity contribution is -0.383. The van der Waals surface area contributed by atoms with Crippen LogP contribution in [0.5, 0.6) is 11.5 Å². The number of epoxide rings is 2. The van der Waals surface area contributed by atoms with Gasteiger partial charge < -0.3 is 108 Å². The molecule has 2 saturated carbocycles. The zero-order valence-corrected chi connectivity index (χ0v) is 37.8. The van der Waals surface area contributed by atoms with Crippen LogP contribution < -0.4 is 4.74 Å². The van der Waals surface area contributed by atoms with Crippen LogP contribution in [0.2, 0.25) is 0 Å². The second kappa shape index (κ2) is 19.8. The first kappa shape index (κ1) is 50.1. The molecule has 0 bridgehead atoms. The largest absolute Gasteiger partial charge is 0.504 e. The standard InChI is InChI=1S/C47H56O24/c1-60-24-13-20(8-9-23(24)50)41(59)67-38-21-11-12-61-42(68-44-36(57)34(55)32(53)25(15-48)64-44)29(21)47(40(38)71-47)18-63-28-14-22-30(46(17-49)39(70-46)31(22)52)43(66-28)69-45-37(58)35(56)33(54)26(65-45)16-62-27(51)10-7-19-5-3-2-4-6-19/h2-13,21-22,25-26,28-40,42-45,48-50,52-58H,14-18H2,1H3/b10-7+/t21-,22-,25-,26-,28?,29-,30-,31+,32-,33-,34+,35+,36-,37-,38+,39+,40+,42+,43+,44+,45+,46-,47-/m1/s1. The molecule has 24 heteroatoms. The van der Waals surface area contributed by atoms with Crippen LogP contribution in [-0.4, -0.2) is 212 Å². The molecule has 2 aromatic rings. The summed E-state index contributed by atoms with van der Waals surface area (Å²) in [6.45, 7) is -2.21. The summed E-state index contributed by atoms with van der Waals surface area (Å²) < 4.78 is 71.4. The fraction of sp³-hybridized carbons (Fsp3) is 0.617. The Balaban J connectivity index is 0.879. The average Bonchev–Trinajstić information content (AvgIpc) is 4.27. The number of carbonyl (C=O) groups excluding carboxylic acids is 2. The van der Waals surface area contributed by atoms with Crippen LogP contribution in [-0.2, 0) is 56.9 Å². The van der Waals surface area contributed by atoms with Crippen molar-refractivity contribution in [2.45, 2.75) is 122 Å². The number of rotatable bonds is 16. The van der Waals surface area contributed by atoms with Gasteiger partial charge in [0.2, 0.25) is 6.29 Å². The topological polar surface area (TPSA) is 354 Å². The first-order valence-electron chi connectivity index (χ1n) is 23.2. The highest BCUT2D eigenvalue weighted by molar-refractivity contribution is 5.90. The number of phenols is 1. The number of hydrogen-bond donors (Lipinski definition) is 10. The van der Waals surface area contributed by atoms with Gasteiger partial charge in [-0.3, -0.25) is 0 Å². The van der Waals surface area contributed by atoms with E-state index >= 15 is 0 Å². The second-order valence-electron chi connectivity index (χ2n) is 18.9. The SMILES string of the molecule is COc1cc(C(=O)O[C@H]2[C@@H]3C=CO[C@@H](O[C@@H]4O[C@H](CO)[C@@H](O)[C@H](O)[C@H]4O)[C@@H]3[C@@]3(COC4C[C@H]5[C@H](O)[C@@H]6O[C@]6(CO)[C@H]5[C@H](O[C@@H]5O[C@H](COC(=O)/C=C/c6ccccc6)[C@@H](O)[C@H](O)[C@H]5O)O4)O[C@@H]23)ccc1O. The number of phenolic OH excluding ortho intramolecular Hbond substituents is 1. The fourth-order valence-corrected chi connectivity index (χ4v) is 11.0. The van der Waals surface area contributed by atoms with Gasteiger partial charge in [-0.2, -0.15) is 0 Å². The van der Waals surface area contributed by atoms with Gasteiger partial charge in [-0.05, 0) is 35.9 Å². The molecule has 1 unspecified atom stereocenters. The molecule has 24 nitrogen and oxygen atoms in total. The molecule has 7 fully saturated rings. The molecule has 0 spiro atoms. The lowest BCUT2D eigenvalue weighted by Crippen LogP contribution is -2.61. The molecule has 0 radical (unpaired) electrons. The monoisotopic (exact) mass is 1000 g/mol. The summed E-state index contributed by atoms with van der Waals surface area (Å²) in [6.07, 6.45) is -19.4. The van der Waals surface area contributed by atoms with Gasteiger partial charge in [0.1, 0.15) is 85.0 Å². The summed E-state index contributed by atoms with van der Waals surface area (Å²) >= 11 is 0. The number of aliphatic hydroxyl groups is 9. The molecule has 388 valence electrons. The van der Waals surface area contributed by atoms with Crippen molar-refractivity contribution in [3.63, 3.8) is 0 Å². The Kier molecular flexibility index (Phi) is 14.0. The number of aromatic hydroxyl groups is 1. The summed E-state index contributed by atoms with van der Waals surface area (Å²) in [5, 5.41) is 107. The average molecular weight is 1000 g/mol. The number of hydrogen-bond acceptors (Lipinski definition) is 24. The van der Waals surface area contributed by atoms with Crippen molar-refractivity contribution in [2.24, 2.45) is 23.7 Å². The molecule has 71 heavy (non-hydrogen) atoms. The number of methoxy groups -OCH3 is 1. The van der Waals surface area contributed by atoms with Gasteiger partial charge in [-0.25, -0.2) is 9.59 Å². The maximum Gasteiger partial charge on any atom is 0.338 e. The van der Waals surface area contributed by atoms with Gasteiger partial charge in [0.25, 0.3) is 0 Å². The summed E-state index contributed by atoms with van der Waals surface area (Å²) in [4.78, 5) is 26.3. The van der Waals surface area contributed by atoms with E-state index < -0.39 is 171 Å². The normalized spacial score (nSPS) is 45.0. The Hall–Kier alpha value is -4.42. The third-order valence-electron chi connectivity index (χ3n) is 14.9. The van der Waals surface area contributed by atoms with Gasteiger partial charge in [0, 0.05) is 30.3 Å². The van der Waals surface area contributed by atoms with Crippen molar-refractivity contribution in [3.05, 3.63) is 78.1 Å². The molecule has 6 heterocycles. The van der Waals surface area contributed by atoms with Crippen LogP contribution in [0.1, 0.15) is 22.3 Å². The highest BCUT2D eigenvalue weighted by Gasteiger charge is 2.79. The van der Waals surface area contributed by atoms with Crippen molar-refractivity contribution in [2.75, 3.05) is 33.5 Å². The van der Waals surface area contributed by atoms with Crippen LogP contribution in [0.15, 0.2) is 66.9 Å². The van der Waals surface area contributed by atoms with E-state index in [-0.39, 0.29) is 30.1 Å². The van der Waals surface area contributed by atoms with Gasteiger partial charge in [0.15, 0.2) is 36.7 Å². The Morgan fingerprint density at radius 3 is 2.15 bits per heavy atom. The molecule has 2 aromatic carbocycles. The Morgan fingerprint density at radius 1 is 0.761 bits per heavy atom. The number of carbonyl (C=O) groups is 2. The van der Waals surface area contributed by atoms with E-state index in [4.69, 9.17) is 56.8 Å². The molecule has 23 atom stereocenters. The van der Waals surface area contributed by atoms with Gasteiger partial charge >= 0.3 is 11.9 Å². The minimum absolute atomic E-state index is 0.00502. The Bertz CT molecular complexity index is 2300. The van der Waals surface area contributed by atoms with Crippen molar-refractivity contribution in [1.29, 1.82) is 0 Å². The molecular weight excluding hydrogens is 948 g/mol. The number of esters is 2. The van der Waals surface area contributed by atoms with Crippen molar-refractivity contribution >= 4 is 18.0 Å². The molecule has 0 aromatic heterocycles. The first-order valence-corrected chi connectivity index (χ1v) is 23.2. The minimum Gasteiger partial charge on any atom is -0.504 e. The quantitative estimate of drug-likeness (QED) is 0.0452. The third kappa shape index (κ3) is 9.00. The molecular formula is C47H56O24. The smallest absolute Gasteiger partial charge is 0.338 e. The van der Waals surface area contributed by atoms with E-state index in [9.17, 15) is 60.7 Å². The van der Waals surface area contributed by atoms with E-state index in [1.807, 2.05) is 6.07 Å². The van der Waals surface area contributed by atoms with Crippen LogP contribution in [0, 0.1) is 23.7 Å². The summed E-state index contributed by atoms with van der Waals surface area (Å²) in [6, 6.07) is 12.8. The minimum atomic E-state index is -1.89. The van der Waals surface area contributed by atoms with E-state index in [0.29, 0.717) is 0 Å². The Morgan fingerprint density at radius 2 is 1.45 bits per heavy atom. The van der Waals surface area contributed by atoms with Gasteiger partial charge in [-0.1, -0.05) is 30.3 Å². The second-order valence-corrected chi connectivity index (χ2v) is 18.9. The van der Waals surface area contributed by atoms with E-state index in [1.54, 1.807) is 30.3 Å².